The lowest BCUT2D eigenvalue weighted by Crippen LogP contribution is -2.28. The minimum absolute atomic E-state index is 0.0000653. The van der Waals surface area contributed by atoms with Gasteiger partial charge >= 0.3 is 17.9 Å². The highest BCUT2D eigenvalue weighted by Gasteiger charge is 2.24. The molecule has 8 heteroatoms. The molecule has 0 unspecified atom stereocenters. The molecule has 0 saturated heterocycles. The monoisotopic (exact) mass is 428 g/mol. The van der Waals surface area contributed by atoms with E-state index in [4.69, 9.17) is 19.3 Å². The molecule has 0 radical (unpaired) electrons. The second-order valence-corrected chi connectivity index (χ2v) is 7.50. The van der Waals surface area contributed by atoms with Crippen molar-refractivity contribution in [1.82, 2.24) is 0 Å². The van der Waals surface area contributed by atoms with Crippen molar-refractivity contribution in [1.29, 1.82) is 0 Å². The molecule has 0 spiro atoms. The van der Waals surface area contributed by atoms with Crippen LogP contribution < -0.4 is 0 Å². The lowest BCUT2D eigenvalue weighted by molar-refractivity contribution is 0.00612. The lowest BCUT2D eigenvalue weighted by Gasteiger charge is -2.23. The summed E-state index contributed by atoms with van der Waals surface area (Å²) in [5.41, 5.74) is 0.472. The second kappa shape index (κ2) is 11.0. The molecule has 0 aliphatic heterocycles. The normalized spacial score (nSPS) is 10.8. The van der Waals surface area contributed by atoms with E-state index in [0.717, 1.165) is 0 Å². The summed E-state index contributed by atoms with van der Waals surface area (Å²) >= 11 is 0. The van der Waals surface area contributed by atoms with E-state index in [2.05, 4.69) is 0 Å². The first-order chi connectivity index (χ1) is 14.8. The van der Waals surface area contributed by atoms with Crippen molar-refractivity contribution in [3.8, 4) is 0 Å². The Labute approximate surface area is 179 Å². The molecule has 2 rings (SSSR count). The topological polar surface area (TPSA) is 116 Å². The first kappa shape index (κ1) is 23.8. The summed E-state index contributed by atoms with van der Waals surface area (Å²) in [5, 5.41) is 8.67. The first-order valence-corrected chi connectivity index (χ1v) is 9.53. The lowest BCUT2D eigenvalue weighted by atomic mass is 9.96. The summed E-state index contributed by atoms with van der Waals surface area (Å²) in [6.45, 7) is 3.16. The number of carbonyl (C=O) groups is 4. The zero-order chi connectivity index (χ0) is 22.9. The Morgan fingerprint density at radius 3 is 1.87 bits per heavy atom. The number of aliphatic hydroxyl groups is 1. The number of ether oxygens (including phenoxy) is 3. The van der Waals surface area contributed by atoms with E-state index < -0.39 is 23.3 Å². The van der Waals surface area contributed by atoms with Crippen molar-refractivity contribution in [2.75, 3.05) is 26.4 Å². The molecule has 2 aromatic rings. The fourth-order valence-electron chi connectivity index (χ4n) is 2.43. The zero-order valence-electron chi connectivity index (χ0n) is 17.3. The first-order valence-electron chi connectivity index (χ1n) is 9.53. The summed E-state index contributed by atoms with van der Waals surface area (Å²) < 4.78 is 15.4. The van der Waals surface area contributed by atoms with Crippen LogP contribution in [0.25, 0.3) is 0 Å². The van der Waals surface area contributed by atoms with Crippen LogP contribution in [0.1, 0.15) is 55.3 Å². The van der Waals surface area contributed by atoms with Gasteiger partial charge in [-0.05, 0) is 36.4 Å². The van der Waals surface area contributed by atoms with Crippen molar-refractivity contribution < 1.29 is 38.5 Å². The Morgan fingerprint density at radius 2 is 1.35 bits per heavy atom. The van der Waals surface area contributed by atoms with E-state index >= 15 is 0 Å². The molecule has 0 saturated carbocycles. The van der Waals surface area contributed by atoms with E-state index in [1.807, 2.05) is 0 Å². The van der Waals surface area contributed by atoms with Crippen LogP contribution in [0.2, 0.25) is 0 Å². The molecular formula is C23H24O8. The van der Waals surface area contributed by atoms with Crippen LogP contribution in [0.5, 0.6) is 0 Å². The average molecular weight is 428 g/mol. The van der Waals surface area contributed by atoms with Gasteiger partial charge in [-0.3, -0.25) is 4.79 Å². The molecule has 31 heavy (non-hydrogen) atoms. The molecule has 0 aromatic heterocycles. The van der Waals surface area contributed by atoms with E-state index in [-0.39, 0.29) is 43.1 Å². The Bertz CT molecular complexity index is 931. The van der Waals surface area contributed by atoms with Gasteiger partial charge in [-0.25, -0.2) is 14.4 Å². The number of rotatable bonds is 10. The van der Waals surface area contributed by atoms with Crippen LogP contribution in [0.3, 0.4) is 0 Å². The number of carbonyl (C=O) groups excluding carboxylic acids is 4. The largest absolute Gasteiger partial charge is 0.461 e. The third-order valence-electron chi connectivity index (χ3n) is 4.13. The molecule has 2 aromatic carbocycles. The smallest absolute Gasteiger partial charge is 0.338 e. The zero-order valence-corrected chi connectivity index (χ0v) is 17.3. The van der Waals surface area contributed by atoms with Gasteiger partial charge in [-0.1, -0.05) is 26.0 Å². The fourth-order valence-corrected chi connectivity index (χ4v) is 2.43. The molecule has 8 nitrogen and oxygen atoms in total. The predicted molar refractivity (Wildman–Crippen MR) is 110 cm³/mol. The van der Waals surface area contributed by atoms with Crippen LogP contribution in [0, 0.1) is 5.41 Å². The standard InChI is InChI=1S/C23H24O8/c1-23(2,15-31-22(28)19-5-3-4-16(12-19)13-25)14-30-21(27)18-8-6-17(7-9-18)20(26)29-11-10-24/h3-9,12-13,24H,10-11,14-15H2,1-2H3. The maximum Gasteiger partial charge on any atom is 0.338 e. The maximum absolute atomic E-state index is 12.3. The third-order valence-corrected chi connectivity index (χ3v) is 4.13. The number of aldehydes is 1. The molecule has 0 bridgehead atoms. The minimum Gasteiger partial charge on any atom is -0.461 e. The highest BCUT2D eigenvalue weighted by Crippen LogP contribution is 2.18. The number of hydrogen-bond donors (Lipinski definition) is 1. The van der Waals surface area contributed by atoms with Crippen molar-refractivity contribution in [2.45, 2.75) is 13.8 Å². The molecule has 0 amide bonds. The molecule has 0 fully saturated rings. The molecule has 0 aliphatic carbocycles. The molecule has 1 N–H and O–H groups in total. The van der Waals surface area contributed by atoms with E-state index in [0.29, 0.717) is 11.8 Å². The Morgan fingerprint density at radius 1 is 0.839 bits per heavy atom. The Hall–Kier alpha value is -3.52. The van der Waals surface area contributed by atoms with Crippen molar-refractivity contribution in [2.24, 2.45) is 5.41 Å². The van der Waals surface area contributed by atoms with Crippen LogP contribution in [0.4, 0.5) is 0 Å². The van der Waals surface area contributed by atoms with Crippen molar-refractivity contribution in [3.63, 3.8) is 0 Å². The van der Waals surface area contributed by atoms with E-state index in [1.54, 1.807) is 32.0 Å². The molecular weight excluding hydrogens is 404 g/mol. The summed E-state index contributed by atoms with van der Waals surface area (Å²) in [6, 6.07) is 11.9. The highest BCUT2D eigenvalue weighted by atomic mass is 16.6. The molecule has 0 aliphatic rings. The molecule has 0 atom stereocenters. The van der Waals surface area contributed by atoms with Crippen molar-refractivity contribution in [3.05, 3.63) is 70.8 Å². The second-order valence-electron chi connectivity index (χ2n) is 7.50. The van der Waals surface area contributed by atoms with Gasteiger partial charge in [0, 0.05) is 11.0 Å². The van der Waals surface area contributed by atoms with Crippen LogP contribution in [0.15, 0.2) is 48.5 Å². The van der Waals surface area contributed by atoms with Crippen molar-refractivity contribution >= 4 is 24.2 Å². The fraction of sp³-hybridized carbons (Fsp3) is 0.304. The minimum atomic E-state index is -0.651. The predicted octanol–water partition coefficient (Wildman–Crippen LogP) is 2.69. The van der Waals surface area contributed by atoms with Gasteiger partial charge in [0.25, 0.3) is 0 Å². The van der Waals surface area contributed by atoms with E-state index in [9.17, 15) is 19.2 Å². The molecule has 0 heterocycles. The third kappa shape index (κ3) is 7.35. The van der Waals surface area contributed by atoms with Gasteiger partial charge in [0.15, 0.2) is 0 Å². The van der Waals surface area contributed by atoms with Gasteiger partial charge in [0.1, 0.15) is 12.9 Å². The quantitative estimate of drug-likeness (QED) is 0.349. The van der Waals surface area contributed by atoms with Crippen LogP contribution >= 0.6 is 0 Å². The highest BCUT2D eigenvalue weighted by molar-refractivity contribution is 5.93. The SMILES string of the molecule is CC(C)(COC(=O)c1ccc(C(=O)OCCO)cc1)COC(=O)c1cccc(C=O)c1. The number of aliphatic hydroxyl groups excluding tert-OH is 1. The number of hydrogen-bond acceptors (Lipinski definition) is 8. The van der Waals surface area contributed by atoms with Gasteiger partial charge < -0.3 is 19.3 Å². The average Bonchev–Trinajstić information content (AvgIpc) is 2.79. The Balaban J connectivity index is 1.86. The summed E-state index contributed by atoms with van der Waals surface area (Å²) in [5.74, 6) is -1.77. The van der Waals surface area contributed by atoms with Crippen LogP contribution in [-0.4, -0.2) is 55.7 Å². The summed E-state index contributed by atoms with van der Waals surface area (Å²) in [7, 11) is 0. The van der Waals surface area contributed by atoms with Gasteiger partial charge in [-0.15, -0.1) is 0 Å². The maximum atomic E-state index is 12.3. The summed E-state index contributed by atoms with van der Waals surface area (Å²) in [6.07, 6.45) is 0.644. The molecule has 164 valence electrons. The Kier molecular flexibility index (Phi) is 8.45. The number of esters is 3. The number of benzene rings is 2. The summed E-state index contributed by atoms with van der Waals surface area (Å²) in [4.78, 5) is 47.0. The van der Waals surface area contributed by atoms with Gasteiger partial charge in [0.05, 0.1) is 36.5 Å². The van der Waals surface area contributed by atoms with Gasteiger partial charge in [-0.2, -0.15) is 0 Å². The van der Waals surface area contributed by atoms with E-state index in [1.165, 1.54) is 30.3 Å². The van der Waals surface area contributed by atoms with Gasteiger partial charge in [0.2, 0.25) is 0 Å². The van der Waals surface area contributed by atoms with Crippen LogP contribution in [-0.2, 0) is 14.2 Å².